The summed E-state index contributed by atoms with van der Waals surface area (Å²) in [6.07, 6.45) is 0.761. The number of fused-ring (bicyclic) bond motifs is 1. The van der Waals surface area contributed by atoms with Crippen molar-refractivity contribution in [1.82, 2.24) is 4.90 Å². The topological polar surface area (TPSA) is 89.8 Å². The molecule has 124 valence electrons. The van der Waals surface area contributed by atoms with Crippen LogP contribution in [-0.2, 0) is 17.7 Å². The van der Waals surface area contributed by atoms with Crippen LogP contribution < -0.4 is 0 Å². The quantitative estimate of drug-likeness (QED) is 0.484. The highest BCUT2D eigenvalue weighted by atomic mass is 32.1. The summed E-state index contributed by atoms with van der Waals surface area (Å²) in [6, 6.07) is 5.62. The molecule has 0 bridgehead atoms. The third-order valence-corrected chi connectivity index (χ3v) is 4.91. The Balaban J connectivity index is 1.93. The van der Waals surface area contributed by atoms with Gasteiger partial charge in [-0.25, -0.2) is 4.79 Å². The van der Waals surface area contributed by atoms with Gasteiger partial charge in [0, 0.05) is 35.7 Å². The van der Waals surface area contributed by atoms with Gasteiger partial charge >= 0.3 is 5.97 Å². The number of hydrogen-bond acceptors (Lipinski definition) is 6. The number of nitro benzene ring substituents is 1. The Morgan fingerprint density at radius 1 is 1.29 bits per heavy atom. The summed E-state index contributed by atoms with van der Waals surface area (Å²) >= 11 is 1.66. The highest BCUT2D eigenvalue weighted by Crippen LogP contribution is 2.26. The van der Waals surface area contributed by atoms with Crippen LogP contribution in [0.3, 0.4) is 0 Å². The lowest BCUT2D eigenvalue weighted by Gasteiger charge is -2.27. The van der Waals surface area contributed by atoms with Gasteiger partial charge in [-0.05, 0) is 29.5 Å². The highest BCUT2D eigenvalue weighted by Gasteiger charge is 2.25. The number of carbonyl (C=O) groups excluding carboxylic acids is 2. The zero-order valence-electron chi connectivity index (χ0n) is 12.9. The van der Waals surface area contributed by atoms with E-state index in [0.29, 0.717) is 13.1 Å². The van der Waals surface area contributed by atoms with Gasteiger partial charge in [0.25, 0.3) is 11.6 Å². The Morgan fingerprint density at radius 2 is 2.04 bits per heavy atom. The molecule has 0 saturated heterocycles. The smallest absolute Gasteiger partial charge is 0.338 e. The van der Waals surface area contributed by atoms with Crippen molar-refractivity contribution in [2.24, 2.45) is 0 Å². The van der Waals surface area contributed by atoms with Crippen molar-refractivity contribution >= 4 is 28.9 Å². The maximum atomic E-state index is 12.7. The summed E-state index contributed by atoms with van der Waals surface area (Å²) in [4.78, 5) is 37.8. The second kappa shape index (κ2) is 6.40. The van der Waals surface area contributed by atoms with Gasteiger partial charge in [0.15, 0.2) is 0 Å². The molecule has 2 aromatic rings. The van der Waals surface area contributed by atoms with E-state index in [9.17, 15) is 19.7 Å². The van der Waals surface area contributed by atoms with E-state index in [0.717, 1.165) is 18.1 Å². The van der Waals surface area contributed by atoms with Gasteiger partial charge in [0.1, 0.15) is 0 Å². The number of hydrogen-bond donors (Lipinski definition) is 0. The Morgan fingerprint density at radius 3 is 2.75 bits per heavy atom. The SMILES string of the molecule is COC(=O)c1cc(C(=O)N2CCc3sccc3C2)cc([N+](=O)[O-])c1. The Kier molecular flexibility index (Phi) is 4.30. The monoisotopic (exact) mass is 346 g/mol. The summed E-state index contributed by atoms with van der Waals surface area (Å²) < 4.78 is 4.60. The van der Waals surface area contributed by atoms with Gasteiger partial charge in [-0.15, -0.1) is 11.3 Å². The lowest BCUT2D eigenvalue weighted by atomic mass is 10.1. The Bertz CT molecular complexity index is 830. The molecular formula is C16H14N2O5S. The molecule has 1 aliphatic heterocycles. The highest BCUT2D eigenvalue weighted by molar-refractivity contribution is 7.10. The lowest BCUT2D eigenvalue weighted by molar-refractivity contribution is -0.384. The van der Waals surface area contributed by atoms with Crippen LogP contribution in [0.15, 0.2) is 29.6 Å². The second-order valence-electron chi connectivity index (χ2n) is 5.36. The van der Waals surface area contributed by atoms with Crippen LogP contribution in [0.1, 0.15) is 31.2 Å². The molecule has 1 aliphatic rings. The zero-order chi connectivity index (χ0) is 17.3. The first kappa shape index (κ1) is 16.1. The van der Waals surface area contributed by atoms with Crippen molar-refractivity contribution in [3.8, 4) is 0 Å². The number of esters is 1. The summed E-state index contributed by atoms with van der Waals surface area (Å²) in [6.45, 7) is 1.01. The predicted octanol–water partition coefficient (Wildman–Crippen LogP) is 2.64. The Labute approximate surface area is 141 Å². The molecule has 1 aromatic carbocycles. The number of ether oxygens (including phenoxy) is 1. The van der Waals surface area contributed by atoms with Gasteiger partial charge in [-0.3, -0.25) is 14.9 Å². The number of carbonyl (C=O) groups is 2. The number of benzene rings is 1. The van der Waals surface area contributed by atoms with Crippen molar-refractivity contribution < 1.29 is 19.2 Å². The van der Waals surface area contributed by atoms with Crippen LogP contribution >= 0.6 is 11.3 Å². The zero-order valence-corrected chi connectivity index (χ0v) is 13.7. The van der Waals surface area contributed by atoms with Crippen molar-refractivity contribution in [1.29, 1.82) is 0 Å². The third-order valence-electron chi connectivity index (χ3n) is 3.89. The molecule has 0 fully saturated rings. The van der Waals surface area contributed by atoms with E-state index in [2.05, 4.69) is 4.74 Å². The standard InChI is InChI=1S/C16H14N2O5S/c1-23-16(20)12-6-11(7-13(8-12)18(21)22)15(19)17-4-2-14-10(9-17)3-5-24-14/h3,5-8H,2,4,9H2,1H3. The van der Waals surface area contributed by atoms with Gasteiger partial charge in [-0.1, -0.05) is 0 Å². The molecule has 24 heavy (non-hydrogen) atoms. The van der Waals surface area contributed by atoms with Crippen LogP contribution in [0.5, 0.6) is 0 Å². The number of amides is 1. The fraction of sp³-hybridized carbons (Fsp3) is 0.250. The summed E-state index contributed by atoms with van der Waals surface area (Å²) in [5.41, 5.74) is 0.888. The number of rotatable bonds is 3. The predicted molar refractivity (Wildman–Crippen MR) is 87.2 cm³/mol. The first-order chi connectivity index (χ1) is 11.5. The van der Waals surface area contributed by atoms with Crippen molar-refractivity contribution in [3.05, 3.63) is 61.3 Å². The van der Waals surface area contributed by atoms with E-state index in [4.69, 9.17) is 0 Å². The number of non-ortho nitro benzene ring substituents is 1. The van der Waals surface area contributed by atoms with Crippen LogP contribution in [0, 0.1) is 10.1 Å². The molecule has 0 unspecified atom stereocenters. The molecule has 1 aromatic heterocycles. The van der Waals surface area contributed by atoms with Gasteiger partial charge in [-0.2, -0.15) is 0 Å². The van der Waals surface area contributed by atoms with E-state index in [1.54, 1.807) is 16.2 Å². The van der Waals surface area contributed by atoms with Crippen LogP contribution in [-0.4, -0.2) is 35.4 Å². The third kappa shape index (κ3) is 3.00. The number of nitrogens with zero attached hydrogens (tertiary/aromatic N) is 2. The molecule has 1 amide bonds. The molecule has 0 saturated carbocycles. The number of nitro groups is 1. The molecule has 0 radical (unpaired) electrons. The fourth-order valence-corrected chi connectivity index (χ4v) is 3.57. The second-order valence-corrected chi connectivity index (χ2v) is 6.36. The van der Waals surface area contributed by atoms with Crippen LogP contribution in [0.25, 0.3) is 0 Å². The first-order valence-electron chi connectivity index (χ1n) is 7.22. The molecule has 3 rings (SSSR count). The molecular weight excluding hydrogens is 332 g/mol. The number of thiophene rings is 1. The molecule has 7 nitrogen and oxygen atoms in total. The fourth-order valence-electron chi connectivity index (χ4n) is 2.68. The van der Waals surface area contributed by atoms with E-state index >= 15 is 0 Å². The van der Waals surface area contributed by atoms with Gasteiger partial charge in [0.05, 0.1) is 17.6 Å². The largest absolute Gasteiger partial charge is 0.465 e. The van der Waals surface area contributed by atoms with Gasteiger partial charge in [0.2, 0.25) is 0 Å². The van der Waals surface area contributed by atoms with Crippen LogP contribution in [0.2, 0.25) is 0 Å². The maximum Gasteiger partial charge on any atom is 0.338 e. The summed E-state index contributed by atoms with van der Waals surface area (Å²) in [5.74, 6) is -1.05. The molecule has 8 heteroatoms. The molecule has 0 N–H and O–H groups in total. The average molecular weight is 346 g/mol. The minimum absolute atomic E-state index is 0.0109. The van der Waals surface area contributed by atoms with Crippen molar-refractivity contribution in [2.75, 3.05) is 13.7 Å². The van der Waals surface area contributed by atoms with E-state index in [1.807, 2.05) is 11.4 Å². The van der Waals surface area contributed by atoms with E-state index < -0.39 is 10.9 Å². The lowest BCUT2D eigenvalue weighted by Crippen LogP contribution is -2.35. The minimum Gasteiger partial charge on any atom is -0.465 e. The average Bonchev–Trinajstić information content (AvgIpc) is 3.07. The van der Waals surface area contributed by atoms with E-state index in [-0.39, 0.29) is 22.7 Å². The van der Waals surface area contributed by atoms with Crippen LogP contribution in [0.4, 0.5) is 5.69 Å². The van der Waals surface area contributed by atoms with Gasteiger partial charge < -0.3 is 9.64 Å². The normalized spacial score (nSPS) is 13.3. The molecule has 0 atom stereocenters. The summed E-state index contributed by atoms with van der Waals surface area (Å²) in [5, 5.41) is 13.1. The maximum absolute atomic E-state index is 12.7. The minimum atomic E-state index is -0.716. The molecule has 0 aliphatic carbocycles. The summed E-state index contributed by atoms with van der Waals surface area (Å²) in [7, 11) is 1.19. The molecule has 0 spiro atoms. The van der Waals surface area contributed by atoms with E-state index in [1.165, 1.54) is 24.1 Å². The van der Waals surface area contributed by atoms with Crippen molar-refractivity contribution in [2.45, 2.75) is 13.0 Å². The first-order valence-corrected chi connectivity index (χ1v) is 8.10. The Hall–Kier alpha value is -2.74. The number of methoxy groups -OCH3 is 1. The molecule has 2 heterocycles. The van der Waals surface area contributed by atoms with Crippen molar-refractivity contribution in [3.63, 3.8) is 0 Å².